The van der Waals surface area contributed by atoms with Gasteiger partial charge < -0.3 is 4.90 Å². The molecule has 0 radical (unpaired) electrons. The molecule has 1 aliphatic carbocycles. The van der Waals surface area contributed by atoms with Gasteiger partial charge in [-0.3, -0.25) is 4.79 Å². The molecule has 35 heavy (non-hydrogen) atoms. The molecule has 0 aromatic heterocycles. The zero-order valence-electron chi connectivity index (χ0n) is 19.5. The number of carbonyl (C=O) groups is 1. The van der Waals surface area contributed by atoms with Gasteiger partial charge >= 0.3 is 0 Å². The van der Waals surface area contributed by atoms with Crippen LogP contribution in [0.2, 0.25) is 15.1 Å². The van der Waals surface area contributed by atoms with Gasteiger partial charge in [0.15, 0.2) is 15.6 Å². The van der Waals surface area contributed by atoms with E-state index >= 15 is 0 Å². The number of Topliss-reactive ketones (excluding diaryl/α,β-unsaturated/α-hetero) is 1. The highest BCUT2D eigenvalue weighted by molar-refractivity contribution is 7.91. The number of sulfone groups is 1. The third-order valence-electron chi connectivity index (χ3n) is 6.34. The van der Waals surface area contributed by atoms with Crippen LogP contribution < -0.4 is 0 Å². The van der Waals surface area contributed by atoms with Crippen LogP contribution in [-0.4, -0.2) is 39.7 Å². The van der Waals surface area contributed by atoms with Crippen LogP contribution in [0.1, 0.15) is 38.7 Å². The molecule has 0 heterocycles. The molecule has 3 aromatic carbocycles. The van der Waals surface area contributed by atoms with Crippen LogP contribution in [0.25, 0.3) is 0 Å². The van der Waals surface area contributed by atoms with Gasteiger partial charge in [-0.1, -0.05) is 65.1 Å². The van der Waals surface area contributed by atoms with Gasteiger partial charge in [0.25, 0.3) is 0 Å². The molecule has 8 heteroatoms. The summed E-state index contributed by atoms with van der Waals surface area (Å²) >= 11 is 18.6. The monoisotopic (exact) mass is 549 g/mol. The van der Waals surface area contributed by atoms with Crippen molar-refractivity contribution in [2.24, 2.45) is 5.92 Å². The van der Waals surface area contributed by atoms with E-state index in [9.17, 15) is 13.2 Å². The number of halogens is 3. The van der Waals surface area contributed by atoms with Crippen molar-refractivity contribution in [3.63, 3.8) is 0 Å². The fourth-order valence-electron chi connectivity index (χ4n) is 4.86. The van der Waals surface area contributed by atoms with Gasteiger partial charge in [-0.05, 0) is 79.9 Å². The number of fused-ring (bicyclic) bond motifs is 1. The first-order valence-corrected chi connectivity index (χ1v) is 14.0. The Hall–Kier alpha value is -1.89. The first-order valence-electron chi connectivity index (χ1n) is 11.3. The lowest BCUT2D eigenvalue weighted by molar-refractivity contribution is 0.0993. The standard InChI is InChI=1S/C27H26Cl3NO3S/c1-31(2)16-18-11-19-10-9-17(13-25(32)27-23(29)7-4-8-24(27)30)12-22(19)26(14-18)35(33,34)21-6-3-5-20(28)15-21/h3-10,12,15,18,26H,11,13-14,16H2,1-2H3/t18-,26?/m1/s1. The van der Waals surface area contributed by atoms with Gasteiger partial charge in [0.2, 0.25) is 0 Å². The number of nitrogens with zero attached hydrogens (tertiary/aromatic N) is 1. The lowest BCUT2D eigenvalue weighted by Gasteiger charge is -2.33. The van der Waals surface area contributed by atoms with Gasteiger partial charge in [0.05, 0.1) is 25.8 Å². The van der Waals surface area contributed by atoms with Gasteiger partial charge in [-0.2, -0.15) is 0 Å². The molecule has 0 aliphatic heterocycles. The molecule has 1 aliphatic rings. The van der Waals surface area contributed by atoms with Crippen LogP contribution in [-0.2, 0) is 22.7 Å². The van der Waals surface area contributed by atoms with Crippen molar-refractivity contribution >= 4 is 50.4 Å². The van der Waals surface area contributed by atoms with Crippen LogP contribution in [0.3, 0.4) is 0 Å². The molecule has 184 valence electrons. The summed E-state index contributed by atoms with van der Waals surface area (Å²) in [6.45, 7) is 0.784. The Morgan fingerprint density at radius 2 is 1.66 bits per heavy atom. The quantitative estimate of drug-likeness (QED) is 0.307. The van der Waals surface area contributed by atoms with E-state index in [1.54, 1.807) is 36.4 Å². The van der Waals surface area contributed by atoms with Crippen LogP contribution in [0, 0.1) is 5.92 Å². The first-order chi connectivity index (χ1) is 16.6. The van der Waals surface area contributed by atoms with Crippen molar-refractivity contribution < 1.29 is 13.2 Å². The lowest BCUT2D eigenvalue weighted by atomic mass is 9.82. The second-order valence-corrected chi connectivity index (χ2v) is 12.7. The minimum absolute atomic E-state index is 0.0712. The number of hydrogen-bond acceptors (Lipinski definition) is 4. The Balaban J connectivity index is 1.73. The van der Waals surface area contributed by atoms with E-state index in [1.165, 1.54) is 6.07 Å². The minimum atomic E-state index is -3.71. The Kier molecular flexibility index (Phi) is 7.94. The van der Waals surface area contributed by atoms with Crippen molar-refractivity contribution in [3.8, 4) is 0 Å². The summed E-state index contributed by atoms with van der Waals surface area (Å²) in [5, 5.41) is 0.248. The molecule has 0 amide bonds. The van der Waals surface area contributed by atoms with Gasteiger partial charge in [0, 0.05) is 18.0 Å². The number of ketones is 1. The van der Waals surface area contributed by atoms with E-state index in [4.69, 9.17) is 34.8 Å². The van der Waals surface area contributed by atoms with E-state index < -0.39 is 15.1 Å². The van der Waals surface area contributed by atoms with Gasteiger partial charge in [0.1, 0.15) is 0 Å². The van der Waals surface area contributed by atoms with Crippen molar-refractivity contribution in [2.45, 2.75) is 29.4 Å². The highest BCUT2D eigenvalue weighted by Gasteiger charge is 2.37. The van der Waals surface area contributed by atoms with Crippen molar-refractivity contribution in [3.05, 3.63) is 98.0 Å². The maximum atomic E-state index is 13.8. The van der Waals surface area contributed by atoms with E-state index in [0.29, 0.717) is 21.5 Å². The van der Waals surface area contributed by atoms with Crippen molar-refractivity contribution in [1.29, 1.82) is 0 Å². The average Bonchev–Trinajstić information content (AvgIpc) is 2.78. The molecule has 3 aromatic rings. The van der Waals surface area contributed by atoms with Crippen LogP contribution in [0.15, 0.2) is 65.6 Å². The van der Waals surface area contributed by atoms with E-state index in [1.807, 2.05) is 32.3 Å². The molecule has 0 fully saturated rings. The summed E-state index contributed by atoms with van der Waals surface area (Å²) in [5.74, 6) is -0.0260. The molecule has 0 saturated heterocycles. The van der Waals surface area contributed by atoms with Crippen molar-refractivity contribution in [1.82, 2.24) is 4.90 Å². The normalized spacial score (nSPS) is 17.9. The molecule has 0 spiro atoms. The van der Waals surface area contributed by atoms with E-state index in [2.05, 4.69) is 4.90 Å². The smallest absolute Gasteiger partial charge is 0.185 e. The average molecular weight is 551 g/mol. The molecular weight excluding hydrogens is 525 g/mol. The van der Waals surface area contributed by atoms with Crippen LogP contribution >= 0.6 is 34.8 Å². The zero-order valence-corrected chi connectivity index (χ0v) is 22.6. The summed E-state index contributed by atoms with van der Waals surface area (Å²) in [5.41, 5.74) is 2.74. The summed E-state index contributed by atoms with van der Waals surface area (Å²) in [7, 11) is 0.274. The topological polar surface area (TPSA) is 54.5 Å². The summed E-state index contributed by atoms with van der Waals surface area (Å²) in [6, 6.07) is 17.1. The van der Waals surface area contributed by atoms with Crippen LogP contribution in [0.5, 0.6) is 0 Å². The Morgan fingerprint density at radius 3 is 2.31 bits per heavy atom. The SMILES string of the molecule is CN(C)C[C@@H]1Cc2ccc(CC(=O)c3c(Cl)cccc3Cl)cc2C(S(=O)(=O)c2cccc(Cl)c2)C1. The number of hydrogen-bond donors (Lipinski definition) is 0. The third kappa shape index (κ3) is 5.76. The summed E-state index contributed by atoms with van der Waals surface area (Å²) in [6.07, 6.45) is 1.34. The molecule has 0 saturated carbocycles. The van der Waals surface area contributed by atoms with E-state index in [0.717, 1.165) is 29.7 Å². The molecule has 0 N–H and O–H groups in total. The summed E-state index contributed by atoms with van der Waals surface area (Å²) < 4.78 is 27.6. The Morgan fingerprint density at radius 1 is 0.971 bits per heavy atom. The third-order valence-corrected chi connectivity index (χ3v) is 9.31. The lowest BCUT2D eigenvalue weighted by Crippen LogP contribution is -2.31. The maximum absolute atomic E-state index is 13.8. The predicted molar refractivity (Wildman–Crippen MR) is 143 cm³/mol. The van der Waals surface area contributed by atoms with Crippen molar-refractivity contribution in [2.75, 3.05) is 20.6 Å². The fourth-order valence-corrected chi connectivity index (χ4v) is 7.69. The second kappa shape index (κ2) is 10.6. The predicted octanol–water partition coefficient (Wildman–Crippen LogP) is 6.71. The first kappa shape index (κ1) is 26.2. The number of benzene rings is 3. The molecule has 4 rings (SSSR count). The molecule has 4 nitrogen and oxygen atoms in total. The maximum Gasteiger partial charge on any atom is 0.185 e. The molecule has 0 bridgehead atoms. The highest BCUT2D eigenvalue weighted by atomic mass is 35.5. The molecular formula is C27H26Cl3NO3S. The molecule has 1 unspecified atom stereocenters. The molecule has 2 atom stereocenters. The fraction of sp³-hybridized carbons (Fsp3) is 0.296. The summed E-state index contributed by atoms with van der Waals surface area (Å²) in [4.78, 5) is 15.3. The Labute approximate surface area is 221 Å². The number of rotatable bonds is 7. The Bertz CT molecular complexity index is 1350. The number of carbonyl (C=O) groups excluding carboxylic acids is 1. The van der Waals surface area contributed by atoms with E-state index in [-0.39, 0.29) is 28.6 Å². The van der Waals surface area contributed by atoms with Crippen LogP contribution in [0.4, 0.5) is 0 Å². The minimum Gasteiger partial charge on any atom is -0.309 e. The highest BCUT2D eigenvalue weighted by Crippen LogP contribution is 2.42. The zero-order chi connectivity index (χ0) is 25.3. The van der Waals surface area contributed by atoms with Gasteiger partial charge in [-0.15, -0.1) is 0 Å². The largest absolute Gasteiger partial charge is 0.309 e. The second-order valence-electron chi connectivity index (χ2n) is 9.29. The van der Waals surface area contributed by atoms with Gasteiger partial charge in [-0.25, -0.2) is 8.42 Å².